The Labute approximate surface area is 122 Å². The number of aryl methyl sites for hydroxylation is 1. The van der Waals surface area contributed by atoms with Crippen LogP contribution in [-0.2, 0) is 16.4 Å². The van der Waals surface area contributed by atoms with Crippen LogP contribution in [0.5, 0.6) is 0 Å². The van der Waals surface area contributed by atoms with Gasteiger partial charge in [0.15, 0.2) is 0 Å². The van der Waals surface area contributed by atoms with Crippen LogP contribution in [0.1, 0.15) is 50.2 Å². The summed E-state index contributed by atoms with van der Waals surface area (Å²) >= 11 is 0. The summed E-state index contributed by atoms with van der Waals surface area (Å²) in [6, 6.07) is 7.99. The van der Waals surface area contributed by atoms with E-state index < -0.39 is 10.0 Å². The van der Waals surface area contributed by atoms with Crippen molar-refractivity contribution < 1.29 is 8.42 Å². The van der Waals surface area contributed by atoms with E-state index in [4.69, 9.17) is 0 Å². The molecule has 1 N–H and O–H groups in total. The van der Waals surface area contributed by atoms with E-state index in [-0.39, 0.29) is 0 Å². The van der Waals surface area contributed by atoms with Gasteiger partial charge in [-0.25, -0.2) is 13.1 Å². The van der Waals surface area contributed by atoms with E-state index >= 15 is 0 Å². The Morgan fingerprint density at radius 3 is 2.70 bits per heavy atom. The first kappa shape index (κ1) is 15.3. The molecule has 0 radical (unpaired) electrons. The molecule has 1 aromatic rings. The molecule has 110 valence electrons. The predicted molar refractivity (Wildman–Crippen MR) is 83.8 cm³/mol. The first-order valence-electron chi connectivity index (χ1n) is 7.41. The molecule has 0 bridgehead atoms. The van der Waals surface area contributed by atoms with Crippen LogP contribution in [0.3, 0.4) is 0 Å². The van der Waals surface area contributed by atoms with Crippen molar-refractivity contribution in [2.75, 3.05) is 6.54 Å². The van der Waals surface area contributed by atoms with Gasteiger partial charge in [0.2, 0.25) is 10.0 Å². The van der Waals surface area contributed by atoms with Gasteiger partial charge in [-0.2, -0.15) is 0 Å². The third-order valence-electron chi connectivity index (χ3n) is 3.68. The van der Waals surface area contributed by atoms with Crippen LogP contribution < -0.4 is 4.72 Å². The van der Waals surface area contributed by atoms with E-state index in [1.807, 2.05) is 24.3 Å². The van der Waals surface area contributed by atoms with E-state index in [9.17, 15) is 8.42 Å². The minimum absolute atomic E-state index is 0.520. The van der Waals surface area contributed by atoms with Crippen LogP contribution in [0.2, 0.25) is 0 Å². The summed E-state index contributed by atoms with van der Waals surface area (Å²) < 4.78 is 27.2. The lowest BCUT2D eigenvalue weighted by atomic mass is 9.98. The summed E-state index contributed by atoms with van der Waals surface area (Å²) in [4.78, 5) is 0.520. The highest BCUT2D eigenvalue weighted by Crippen LogP contribution is 2.26. The lowest BCUT2D eigenvalue weighted by molar-refractivity contribution is 0.578. The van der Waals surface area contributed by atoms with Crippen LogP contribution in [-0.4, -0.2) is 15.0 Å². The number of sulfonamides is 1. The Bertz CT molecular complexity index is 576. The Balaban J connectivity index is 1.99. The smallest absolute Gasteiger partial charge is 0.211 e. The molecule has 20 heavy (non-hydrogen) atoms. The zero-order valence-electron chi connectivity index (χ0n) is 12.1. The van der Waals surface area contributed by atoms with Crippen molar-refractivity contribution >= 4 is 16.1 Å². The Hall–Kier alpha value is -1.13. The predicted octanol–water partition coefficient (Wildman–Crippen LogP) is 3.47. The molecule has 0 atom stereocenters. The normalized spacial score (nSPS) is 14.8. The molecule has 3 nitrogen and oxygen atoms in total. The van der Waals surface area contributed by atoms with Gasteiger partial charge in [-0.1, -0.05) is 50.5 Å². The van der Waals surface area contributed by atoms with Crippen molar-refractivity contribution in [1.29, 1.82) is 0 Å². The number of benzene rings is 1. The topological polar surface area (TPSA) is 46.2 Å². The second-order valence-corrected chi connectivity index (χ2v) is 7.09. The molecule has 0 amide bonds. The minimum atomic E-state index is -3.30. The van der Waals surface area contributed by atoms with E-state index in [0.29, 0.717) is 17.9 Å². The number of hydrogen-bond acceptors (Lipinski definition) is 2. The van der Waals surface area contributed by atoms with Gasteiger partial charge in [-0.3, -0.25) is 0 Å². The summed E-state index contributed by atoms with van der Waals surface area (Å²) in [5.74, 6) is 0. The summed E-state index contributed by atoms with van der Waals surface area (Å²) in [5, 5.41) is 0. The lowest BCUT2D eigenvalue weighted by Crippen LogP contribution is -2.27. The third-order valence-corrected chi connectivity index (χ3v) is 5.28. The third kappa shape index (κ3) is 3.93. The molecule has 2 rings (SSSR count). The summed E-state index contributed by atoms with van der Waals surface area (Å²) in [5.41, 5.74) is 2.26. The summed E-state index contributed by atoms with van der Waals surface area (Å²) in [7, 11) is -3.30. The molecule has 0 aromatic heterocycles. The van der Waals surface area contributed by atoms with Crippen LogP contribution in [0.15, 0.2) is 29.2 Å². The largest absolute Gasteiger partial charge is 0.236 e. The maximum atomic E-state index is 12.2. The van der Waals surface area contributed by atoms with Gasteiger partial charge in [-0.15, -0.1) is 0 Å². The van der Waals surface area contributed by atoms with Gasteiger partial charge in [0.25, 0.3) is 0 Å². The van der Waals surface area contributed by atoms with Crippen molar-refractivity contribution in [1.82, 2.24) is 4.72 Å². The van der Waals surface area contributed by atoms with Gasteiger partial charge in [0.1, 0.15) is 0 Å². The van der Waals surface area contributed by atoms with Gasteiger partial charge >= 0.3 is 0 Å². The molecule has 0 fully saturated rings. The average molecular weight is 293 g/mol. The van der Waals surface area contributed by atoms with Crippen LogP contribution in [0.4, 0.5) is 0 Å². The number of nitrogens with one attached hydrogen (secondary N) is 1. The highest BCUT2D eigenvalue weighted by atomic mass is 32.2. The van der Waals surface area contributed by atoms with Crippen LogP contribution >= 0.6 is 0 Å². The first-order valence-corrected chi connectivity index (χ1v) is 8.90. The molecule has 0 spiro atoms. The SMILES string of the molecule is CCCCCCNS(=O)(=O)C1=Cc2ccccc2CC1. The fourth-order valence-electron chi connectivity index (χ4n) is 2.47. The number of allylic oxidation sites excluding steroid dienone is 1. The first-order chi connectivity index (χ1) is 9.63. The lowest BCUT2D eigenvalue weighted by Gasteiger charge is -2.17. The molecule has 1 aromatic carbocycles. The summed E-state index contributed by atoms with van der Waals surface area (Å²) in [6.07, 6.45) is 7.54. The molecular formula is C16H23NO2S. The fraction of sp³-hybridized carbons (Fsp3) is 0.500. The highest BCUT2D eigenvalue weighted by Gasteiger charge is 2.20. The van der Waals surface area contributed by atoms with Crippen LogP contribution in [0.25, 0.3) is 6.08 Å². The minimum Gasteiger partial charge on any atom is -0.211 e. The van der Waals surface area contributed by atoms with E-state index in [1.54, 1.807) is 0 Å². The standard InChI is InChI=1S/C16H23NO2S/c1-2-3-4-7-12-17-20(18,19)16-11-10-14-8-5-6-9-15(14)13-16/h5-6,8-9,13,17H,2-4,7,10-12H2,1H3. The van der Waals surface area contributed by atoms with Crippen LogP contribution in [0, 0.1) is 0 Å². The molecule has 1 aliphatic rings. The highest BCUT2D eigenvalue weighted by molar-refractivity contribution is 7.93. The molecule has 0 heterocycles. The second kappa shape index (κ2) is 7.04. The molecule has 4 heteroatoms. The van der Waals surface area contributed by atoms with Gasteiger partial charge in [0.05, 0.1) is 4.91 Å². The van der Waals surface area contributed by atoms with Crippen molar-refractivity contribution in [3.63, 3.8) is 0 Å². The summed E-state index contributed by atoms with van der Waals surface area (Å²) in [6.45, 7) is 2.69. The maximum absolute atomic E-state index is 12.2. The van der Waals surface area contributed by atoms with Crippen molar-refractivity contribution in [3.05, 3.63) is 40.3 Å². The average Bonchev–Trinajstić information content (AvgIpc) is 2.46. The number of hydrogen-bond donors (Lipinski definition) is 1. The van der Waals surface area contributed by atoms with E-state index in [2.05, 4.69) is 17.7 Å². The van der Waals surface area contributed by atoms with Crippen molar-refractivity contribution in [3.8, 4) is 0 Å². The molecule has 0 unspecified atom stereocenters. The van der Waals surface area contributed by atoms with Gasteiger partial charge in [-0.05, 0) is 36.5 Å². The van der Waals surface area contributed by atoms with Gasteiger partial charge in [0, 0.05) is 6.54 Å². The second-order valence-electron chi connectivity index (χ2n) is 5.27. The van der Waals surface area contributed by atoms with E-state index in [0.717, 1.165) is 37.7 Å². The molecule has 0 aliphatic heterocycles. The Morgan fingerprint density at radius 2 is 1.90 bits per heavy atom. The molecular weight excluding hydrogens is 270 g/mol. The number of unbranched alkanes of at least 4 members (excludes halogenated alkanes) is 3. The quantitative estimate of drug-likeness (QED) is 0.782. The Morgan fingerprint density at radius 1 is 1.10 bits per heavy atom. The monoisotopic (exact) mass is 293 g/mol. The van der Waals surface area contributed by atoms with Crippen molar-refractivity contribution in [2.45, 2.75) is 45.4 Å². The fourth-order valence-corrected chi connectivity index (χ4v) is 3.72. The molecule has 1 aliphatic carbocycles. The van der Waals surface area contributed by atoms with Gasteiger partial charge < -0.3 is 0 Å². The Kier molecular flexibility index (Phi) is 5.38. The van der Waals surface area contributed by atoms with E-state index in [1.165, 1.54) is 5.56 Å². The number of rotatable bonds is 7. The zero-order chi connectivity index (χ0) is 14.4. The molecule has 0 saturated heterocycles. The maximum Gasteiger partial charge on any atom is 0.236 e. The zero-order valence-corrected chi connectivity index (χ0v) is 12.9. The number of fused-ring (bicyclic) bond motifs is 1. The van der Waals surface area contributed by atoms with Crippen molar-refractivity contribution in [2.24, 2.45) is 0 Å². The molecule has 0 saturated carbocycles.